The van der Waals surface area contributed by atoms with Crippen molar-refractivity contribution in [3.63, 3.8) is 0 Å². The fourth-order valence-electron chi connectivity index (χ4n) is 1.66. The molecule has 18 heavy (non-hydrogen) atoms. The number of rotatable bonds is 4. The molecule has 0 atom stereocenters. The SMILES string of the molecule is Cc1ccn(CCOc2cccc(N)c2)c(=O)c1. The van der Waals surface area contributed by atoms with Crippen molar-refractivity contribution in [2.75, 3.05) is 12.3 Å². The smallest absolute Gasteiger partial charge is 0.250 e. The molecule has 94 valence electrons. The summed E-state index contributed by atoms with van der Waals surface area (Å²) in [4.78, 5) is 11.6. The lowest BCUT2D eigenvalue weighted by Gasteiger charge is -2.08. The van der Waals surface area contributed by atoms with Crippen LogP contribution in [0.4, 0.5) is 5.69 Å². The average Bonchev–Trinajstić information content (AvgIpc) is 2.32. The maximum atomic E-state index is 11.6. The van der Waals surface area contributed by atoms with E-state index in [1.54, 1.807) is 29.0 Å². The zero-order valence-electron chi connectivity index (χ0n) is 10.3. The fourth-order valence-corrected chi connectivity index (χ4v) is 1.66. The van der Waals surface area contributed by atoms with Crippen molar-refractivity contribution >= 4 is 5.69 Å². The molecule has 0 spiro atoms. The highest BCUT2D eigenvalue weighted by molar-refractivity contribution is 5.43. The van der Waals surface area contributed by atoms with Crippen LogP contribution in [0.2, 0.25) is 0 Å². The molecule has 0 amide bonds. The Morgan fingerprint density at radius 2 is 2.11 bits per heavy atom. The van der Waals surface area contributed by atoms with Gasteiger partial charge in [-0.05, 0) is 30.7 Å². The van der Waals surface area contributed by atoms with Gasteiger partial charge in [0.25, 0.3) is 5.56 Å². The summed E-state index contributed by atoms with van der Waals surface area (Å²) in [5.41, 5.74) is 7.27. The van der Waals surface area contributed by atoms with Crippen LogP contribution in [0.5, 0.6) is 5.75 Å². The number of ether oxygens (including phenoxy) is 1. The average molecular weight is 244 g/mol. The Labute approximate surface area is 106 Å². The molecule has 1 heterocycles. The number of nitrogens with two attached hydrogens (primary N) is 1. The Balaban J connectivity index is 1.94. The summed E-state index contributed by atoms with van der Waals surface area (Å²) in [6, 6.07) is 10.8. The van der Waals surface area contributed by atoms with E-state index in [0.717, 1.165) is 11.3 Å². The minimum absolute atomic E-state index is 0.00817. The molecule has 4 nitrogen and oxygen atoms in total. The lowest BCUT2D eigenvalue weighted by molar-refractivity contribution is 0.296. The maximum Gasteiger partial charge on any atom is 0.250 e. The van der Waals surface area contributed by atoms with Crippen molar-refractivity contribution < 1.29 is 4.74 Å². The molecule has 0 aliphatic carbocycles. The van der Waals surface area contributed by atoms with Gasteiger partial charge in [-0.15, -0.1) is 0 Å². The highest BCUT2D eigenvalue weighted by Gasteiger charge is 1.98. The first kappa shape index (κ1) is 12.2. The summed E-state index contributed by atoms with van der Waals surface area (Å²) in [6.07, 6.45) is 1.78. The lowest BCUT2D eigenvalue weighted by Crippen LogP contribution is -2.21. The van der Waals surface area contributed by atoms with Gasteiger partial charge < -0.3 is 15.0 Å². The van der Waals surface area contributed by atoms with E-state index in [-0.39, 0.29) is 5.56 Å². The zero-order valence-corrected chi connectivity index (χ0v) is 10.3. The van der Waals surface area contributed by atoms with E-state index in [0.29, 0.717) is 18.8 Å². The van der Waals surface area contributed by atoms with Gasteiger partial charge >= 0.3 is 0 Å². The second-order valence-corrected chi connectivity index (χ2v) is 4.16. The van der Waals surface area contributed by atoms with Crippen LogP contribution in [0, 0.1) is 6.92 Å². The highest BCUT2D eigenvalue weighted by atomic mass is 16.5. The number of nitrogen functional groups attached to an aromatic ring is 1. The molecular formula is C14H16N2O2. The van der Waals surface area contributed by atoms with Crippen LogP contribution < -0.4 is 16.0 Å². The van der Waals surface area contributed by atoms with Gasteiger partial charge in [-0.25, -0.2) is 0 Å². The van der Waals surface area contributed by atoms with Crippen molar-refractivity contribution in [3.8, 4) is 5.75 Å². The van der Waals surface area contributed by atoms with Crippen LogP contribution in [0.15, 0.2) is 47.4 Å². The second-order valence-electron chi connectivity index (χ2n) is 4.16. The van der Waals surface area contributed by atoms with Crippen LogP contribution in [-0.4, -0.2) is 11.2 Å². The Bertz CT molecular complexity index is 590. The lowest BCUT2D eigenvalue weighted by atomic mass is 10.3. The van der Waals surface area contributed by atoms with Crippen LogP contribution in [-0.2, 0) is 6.54 Å². The van der Waals surface area contributed by atoms with Crippen LogP contribution in [0.25, 0.3) is 0 Å². The van der Waals surface area contributed by atoms with Gasteiger partial charge in [0.15, 0.2) is 0 Å². The van der Waals surface area contributed by atoms with Crippen molar-refractivity contribution in [1.29, 1.82) is 0 Å². The Kier molecular flexibility index (Phi) is 3.67. The third kappa shape index (κ3) is 3.13. The highest BCUT2D eigenvalue weighted by Crippen LogP contribution is 2.14. The third-order valence-electron chi connectivity index (χ3n) is 2.61. The second kappa shape index (κ2) is 5.40. The van der Waals surface area contributed by atoms with E-state index < -0.39 is 0 Å². The van der Waals surface area contributed by atoms with Crippen molar-refractivity contribution in [1.82, 2.24) is 4.57 Å². The van der Waals surface area contributed by atoms with Gasteiger partial charge in [-0.1, -0.05) is 6.07 Å². The molecule has 0 bridgehead atoms. The number of benzene rings is 1. The molecule has 0 fully saturated rings. The van der Waals surface area contributed by atoms with E-state index in [1.807, 2.05) is 25.1 Å². The van der Waals surface area contributed by atoms with Crippen LogP contribution >= 0.6 is 0 Å². The standard InChI is InChI=1S/C14H16N2O2/c1-11-5-6-16(14(17)9-11)7-8-18-13-4-2-3-12(15)10-13/h2-6,9-10H,7-8,15H2,1H3. The monoisotopic (exact) mass is 244 g/mol. The Morgan fingerprint density at radius 3 is 2.83 bits per heavy atom. The molecule has 1 aromatic heterocycles. The number of aromatic nitrogens is 1. The molecular weight excluding hydrogens is 228 g/mol. The van der Waals surface area contributed by atoms with Gasteiger partial charge in [0.05, 0.1) is 6.54 Å². The zero-order chi connectivity index (χ0) is 13.0. The Hall–Kier alpha value is -2.23. The fraction of sp³-hybridized carbons (Fsp3) is 0.214. The molecule has 2 N–H and O–H groups in total. The van der Waals surface area contributed by atoms with E-state index in [2.05, 4.69) is 0 Å². The van der Waals surface area contributed by atoms with Crippen molar-refractivity contribution in [2.24, 2.45) is 0 Å². The molecule has 0 unspecified atom stereocenters. The minimum Gasteiger partial charge on any atom is -0.492 e. The molecule has 0 saturated heterocycles. The minimum atomic E-state index is -0.00817. The topological polar surface area (TPSA) is 57.2 Å². The molecule has 0 aliphatic heterocycles. The summed E-state index contributed by atoms with van der Waals surface area (Å²) in [6.45, 7) is 2.86. The Morgan fingerprint density at radius 1 is 1.28 bits per heavy atom. The van der Waals surface area contributed by atoms with Gasteiger partial charge in [0.2, 0.25) is 0 Å². The van der Waals surface area contributed by atoms with E-state index in [9.17, 15) is 4.79 Å². The van der Waals surface area contributed by atoms with Gasteiger partial charge in [-0.3, -0.25) is 4.79 Å². The van der Waals surface area contributed by atoms with E-state index in [4.69, 9.17) is 10.5 Å². The molecule has 1 aromatic carbocycles. The molecule has 2 rings (SSSR count). The summed E-state index contributed by atoms with van der Waals surface area (Å²) < 4.78 is 7.16. The molecule has 4 heteroatoms. The first-order valence-electron chi connectivity index (χ1n) is 5.80. The van der Waals surface area contributed by atoms with Crippen LogP contribution in [0.3, 0.4) is 0 Å². The number of anilines is 1. The summed E-state index contributed by atoms with van der Waals surface area (Å²) >= 11 is 0. The van der Waals surface area contributed by atoms with Crippen molar-refractivity contribution in [3.05, 3.63) is 58.5 Å². The number of aryl methyl sites for hydroxylation is 1. The quantitative estimate of drug-likeness (QED) is 0.835. The summed E-state index contributed by atoms with van der Waals surface area (Å²) in [7, 11) is 0. The molecule has 2 aromatic rings. The largest absolute Gasteiger partial charge is 0.492 e. The number of hydrogen-bond donors (Lipinski definition) is 1. The first-order chi connectivity index (χ1) is 8.65. The van der Waals surface area contributed by atoms with Gasteiger partial charge in [-0.2, -0.15) is 0 Å². The number of pyridine rings is 1. The predicted molar refractivity (Wildman–Crippen MR) is 71.8 cm³/mol. The van der Waals surface area contributed by atoms with E-state index in [1.165, 1.54) is 0 Å². The third-order valence-corrected chi connectivity index (χ3v) is 2.61. The summed E-state index contributed by atoms with van der Waals surface area (Å²) in [5.74, 6) is 0.718. The summed E-state index contributed by atoms with van der Waals surface area (Å²) in [5, 5.41) is 0. The number of hydrogen-bond acceptors (Lipinski definition) is 3. The molecule has 0 aliphatic rings. The number of nitrogens with zero attached hydrogens (tertiary/aromatic N) is 1. The molecule has 0 radical (unpaired) electrons. The van der Waals surface area contributed by atoms with Gasteiger partial charge in [0.1, 0.15) is 12.4 Å². The van der Waals surface area contributed by atoms with E-state index >= 15 is 0 Å². The predicted octanol–water partition coefficient (Wildman–Crippen LogP) is 1.82. The van der Waals surface area contributed by atoms with Gasteiger partial charge in [0, 0.05) is 24.0 Å². The van der Waals surface area contributed by atoms with Crippen LogP contribution in [0.1, 0.15) is 5.56 Å². The molecule has 0 saturated carbocycles. The first-order valence-corrected chi connectivity index (χ1v) is 5.80. The van der Waals surface area contributed by atoms with Crippen molar-refractivity contribution in [2.45, 2.75) is 13.5 Å². The normalized spacial score (nSPS) is 10.3. The maximum absolute atomic E-state index is 11.6.